The van der Waals surface area contributed by atoms with Gasteiger partial charge in [0.1, 0.15) is 5.75 Å². The van der Waals surface area contributed by atoms with Gasteiger partial charge in [-0.25, -0.2) is 8.42 Å². The quantitative estimate of drug-likeness (QED) is 0.820. The van der Waals surface area contributed by atoms with E-state index in [9.17, 15) is 13.2 Å². The first-order chi connectivity index (χ1) is 11.9. The molecular weight excluding hydrogens is 336 g/mol. The van der Waals surface area contributed by atoms with Gasteiger partial charge in [0.15, 0.2) is 10.8 Å². The highest BCUT2D eigenvalue weighted by Gasteiger charge is 2.27. The van der Waals surface area contributed by atoms with E-state index in [2.05, 4.69) is 11.2 Å². The number of aryl methyl sites for hydroxylation is 3. The van der Waals surface area contributed by atoms with Gasteiger partial charge in [-0.05, 0) is 72.4 Å². The minimum Gasteiger partial charge on any atom is -0.298 e. The van der Waals surface area contributed by atoms with Crippen molar-refractivity contribution in [1.29, 1.82) is 0 Å². The summed E-state index contributed by atoms with van der Waals surface area (Å²) in [6.45, 7) is 0. The predicted molar refractivity (Wildman–Crippen MR) is 94.5 cm³/mol. The number of sulfone groups is 1. The second-order valence-corrected chi connectivity index (χ2v) is 9.08. The minimum atomic E-state index is -3.67. The standard InChI is InChI=1S/C19H22N2O3S/c1-21-9-8-19(20-21)25(23,24)12-15(22)11-18-16-6-2-4-13(16)10-14-5-3-7-17(14)18/h8-10H,2-7,11-12H2,1H3. The van der Waals surface area contributed by atoms with Crippen molar-refractivity contribution in [3.63, 3.8) is 0 Å². The normalized spacial score (nSPS) is 16.0. The number of hydrogen-bond acceptors (Lipinski definition) is 4. The van der Waals surface area contributed by atoms with Gasteiger partial charge in [0.05, 0.1) is 0 Å². The van der Waals surface area contributed by atoms with Crippen LogP contribution in [0.1, 0.15) is 40.7 Å². The van der Waals surface area contributed by atoms with Crippen LogP contribution in [0.15, 0.2) is 23.4 Å². The summed E-state index contributed by atoms with van der Waals surface area (Å²) in [6.07, 6.45) is 8.26. The first kappa shape index (κ1) is 16.5. The van der Waals surface area contributed by atoms with E-state index in [1.807, 2.05) is 0 Å². The molecular formula is C19H22N2O3S. The maximum atomic E-state index is 12.6. The molecule has 132 valence electrons. The van der Waals surface area contributed by atoms with E-state index in [0.717, 1.165) is 44.1 Å². The van der Waals surface area contributed by atoms with E-state index in [0.29, 0.717) is 0 Å². The molecule has 0 saturated heterocycles. The van der Waals surface area contributed by atoms with E-state index < -0.39 is 15.6 Å². The van der Waals surface area contributed by atoms with Crippen LogP contribution in [-0.2, 0) is 53.8 Å². The number of carbonyl (C=O) groups is 1. The van der Waals surface area contributed by atoms with Gasteiger partial charge in [0, 0.05) is 19.7 Å². The number of benzene rings is 1. The largest absolute Gasteiger partial charge is 0.298 e. The molecule has 0 amide bonds. The molecule has 1 aromatic carbocycles. The fourth-order valence-electron chi connectivity index (χ4n) is 4.24. The Morgan fingerprint density at radius 1 is 1.12 bits per heavy atom. The van der Waals surface area contributed by atoms with Crippen molar-refractivity contribution in [1.82, 2.24) is 9.78 Å². The summed E-state index contributed by atoms with van der Waals surface area (Å²) in [6, 6.07) is 3.77. The van der Waals surface area contributed by atoms with Crippen molar-refractivity contribution < 1.29 is 13.2 Å². The molecule has 25 heavy (non-hydrogen) atoms. The second-order valence-electron chi connectivity index (χ2n) is 7.14. The summed E-state index contributed by atoms with van der Waals surface area (Å²) in [5.41, 5.74) is 6.49. The van der Waals surface area contributed by atoms with E-state index in [1.54, 1.807) is 13.2 Å². The summed E-state index contributed by atoms with van der Waals surface area (Å²) >= 11 is 0. The molecule has 2 aromatic rings. The monoisotopic (exact) mass is 358 g/mol. The summed E-state index contributed by atoms with van der Waals surface area (Å²) in [5, 5.41) is 3.91. The highest BCUT2D eigenvalue weighted by molar-refractivity contribution is 7.92. The van der Waals surface area contributed by atoms with Crippen LogP contribution in [0.2, 0.25) is 0 Å². The molecule has 5 nitrogen and oxygen atoms in total. The van der Waals surface area contributed by atoms with Gasteiger partial charge in [-0.15, -0.1) is 0 Å². The number of Topliss-reactive ketones (excluding diaryl/α,β-unsaturated/α-hetero) is 1. The van der Waals surface area contributed by atoms with Gasteiger partial charge < -0.3 is 0 Å². The first-order valence-electron chi connectivity index (χ1n) is 8.83. The molecule has 1 aromatic heterocycles. The third kappa shape index (κ3) is 3.03. The average Bonchev–Trinajstić information content (AvgIpc) is 3.25. The van der Waals surface area contributed by atoms with Crippen LogP contribution in [-0.4, -0.2) is 29.7 Å². The van der Waals surface area contributed by atoms with E-state index >= 15 is 0 Å². The number of nitrogens with zero attached hydrogens (tertiary/aromatic N) is 2. The van der Waals surface area contributed by atoms with Crippen molar-refractivity contribution in [2.24, 2.45) is 7.05 Å². The molecule has 4 rings (SSSR count). The molecule has 0 atom stereocenters. The number of carbonyl (C=O) groups excluding carboxylic acids is 1. The Hall–Kier alpha value is -1.95. The first-order valence-corrected chi connectivity index (χ1v) is 10.5. The molecule has 2 aliphatic carbocycles. The lowest BCUT2D eigenvalue weighted by atomic mass is 9.91. The zero-order valence-corrected chi connectivity index (χ0v) is 15.2. The van der Waals surface area contributed by atoms with E-state index in [1.165, 1.54) is 33.0 Å². The lowest BCUT2D eigenvalue weighted by Crippen LogP contribution is -2.20. The molecule has 0 saturated carbocycles. The highest BCUT2D eigenvalue weighted by atomic mass is 32.2. The molecule has 2 aliphatic rings. The van der Waals surface area contributed by atoms with Crippen molar-refractivity contribution in [2.45, 2.75) is 50.0 Å². The minimum absolute atomic E-state index is 0.0214. The molecule has 0 radical (unpaired) electrons. The van der Waals surface area contributed by atoms with Crippen LogP contribution in [0.4, 0.5) is 0 Å². The Morgan fingerprint density at radius 3 is 2.32 bits per heavy atom. The van der Waals surface area contributed by atoms with Gasteiger partial charge in [-0.3, -0.25) is 9.48 Å². The summed E-state index contributed by atoms with van der Waals surface area (Å²) in [5.74, 6) is -0.706. The maximum absolute atomic E-state index is 12.6. The van der Waals surface area contributed by atoms with Crippen LogP contribution in [0, 0.1) is 0 Å². The average molecular weight is 358 g/mol. The zero-order chi connectivity index (χ0) is 17.6. The summed E-state index contributed by atoms with van der Waals surface area (Å²) < 4.78 is 26.3. The Kier molecular flexibility index (Phi) is 4.02. The topological polar surface area (TPSA) is 69.0 Å². The Balaban J connectivity index is 1.60. The molecule has 0 aliphatic heterocycles. The molecule has 0 unspecified atom stereocenters. The van der Waals surface area contributed by atoms with Crippen LogP contribution < -0.4 is 0 Å². The third-order valence-electron chi connectivity index (χ3n) is 5.33. The Morgan fingerprint density at radius 2 is 1.76 bits per heavy atom. The lowest BCUT2D eigenvalue weighted by molar-refractivity contribution is -0.116. The molecule has 0 fully saturated rings. The summed E-state index contributed by atoms with van der Waals surface area (Å²) in [7, 11) is -2.00. The van der Waals surface area contributed by atoms with Crippen molar-refractivity contribution in [3.8, 4) is 0 Å². The summed E-state index contributed by atoms with van der Waals surface area (Å²) in [4.78, 5) is 12.6. The zero-order valence-electron chi connectivity index (χ0n) is 14.4. The van der Waals surface area contributed by atoms with Gasteiger partial charge in [-0.2, -0.15) is 5.10 Å². The number of ketones is 1. The highest BCUT2D eigenvalue weighted by Crippen LogP contribution is 2.35. The number of rotatable bonds is 5. The SMILES string of the molecule is Cn1ccc(S(=O)(=O)CC(=O)Cc2c3c(cc4c2CCC4)CCC3)n1. The number of aromatic nitrogens is 2. The van der Waals surface area contributed by atoms with Crippen molar-refractivity contribution in [2.75, 3.05) is 5.75 Å². The number of hydrogen-bond donors (Lipinski definition) is 0. The predicted octanol–water partition coefficient (Wildman–Crippen LogP) is 1.98. The van der Waals surface area contributed by atoms with E-state index in [4.69, 9.17) is 0 Å². The second kappa shape index (κ2) is 6.09. The molecule has 1 heterocycles. The Bertz CT molecular complexity index is 925. The van der Waals surface area contributed by atoms with Crippen LogP contribution in [0.3, 0.4) is 0 Å². The van der Waals surface area contributed by atoms with Crippen LogP contribution >= 0.6 is 0 Å². The van der Waals surface area contributed by atoms with Crippen molar-refractivity contribution in [3.05, 3.63) is 46.1 Å². The van der Waals surface area contributed by atoms with Gasteiger partial charge in [0.2, 0.25) is 9.84 Å². The van der Waals surface area contributed by atoms with Crippen LogP contribution in [0.25, 0.3) is 0 Å². The Labute approximate surface area is 148 Å². The van der Waals surface area contributed by atoms with Gasteiger partial charge in [-0.1, -0.05) is 6.07 Å². The molecule has 0 spiro atoms. The smallest absolute Gasteiger partial charge is 0.204 e. The molecule has 6 heteroatoms. The molecule has 0 bridgehead atoms. The number of fused-ring (bicyclic) bond motifs is 2. The van der Waals surface area contributed by atoms with Gasteiger partial charge >= 0.3 is 0 Å². The maximum Gasteiger partial charge on any atom is 0.204 e. The third-order valence-corrected chi connectivity index (χ3v) is 6.89. The van der Waals surface area contributed by atoms with Gasteiger partial charge in [0.25, 0.3) is 0 Å². The fraction of sp³-hybridized carbons (Fsp3) is 0.474. The fourth-order valence-corrected chi connectivity index (χ4v) is 5.44. The van der Waals surface area contributed by atoms with Crippen molar-refractivity contribution >= 4 is 15.6 Å². The van der Waals surface area contributed by atoms with E-state index in [-0.39, 0.29) is 17.2 Å². The van der Waals surface area contributed by atoms with Crippen LogP contribution in [0.5, 0.6) is 0 Å². The lowest BCUT2D eigenvalue weighted by Gasteiger charge is -2.14. The molecule has 0 N–H and O–H groups in total.